The summed E-state index contributed by atoms with van der Waals surface area (Å²) in [5, 5.41) is 7.93. The van der Waals surface area contributed by atoms with Gasteiger partial charge in [0.05, 0.1) is 0 Å². The quantitative estimate of drug-likeness (QED) is 0.911. The van der Waals surface area contributed by atoms with E-state index in [-0.39, 0.29) is 12.4 Å². The van der Waals surface area contributed by atoms with E-state index in [1.807, 2.05) is 6.92 Å². The van der Waals surface area contributed by atoms with E-state index in [1.165, 1.54) is 17.6 Å². The molecule has 1 N–H and O–H groups in total. The molecule has 2 rings (SSSR count). The summed E-state index contributed by atoms with van der Waals surface area (Å²) in [6.07, 6.45) is 0. The minimum atomic E-state index is -0.405. The highest BCUT2D eigenvalue weighted by atomic mass is 79.9. The van der Waals surface area contributed by atoms with Crippen molar-refractivity contribution in [2.24, 2.45) is 0 Å². The molecule has 1 aromatic carbocycles. The maximum atomic E-state index is 13.5. The highest BCUT2D eigenvalue weighted by molar-refractivity contribution is 9.10. The zero-order valence-corrected chi connectivity index (χ0v) is 12.0. The van der Waals surface area contributed by atoms with Crippen molar-refractivity contribution in [3.05, 3.63) is 34.2 Å². The summed E-state index contributed by atoms with van der Waals surface area (Å²) in [5.74, 6) is -0.203. The molecule has 18 heavy (non-hydrogen) atoms. The number of aromatic nitrogens is 2. The van der Waals surface area contributed by atoms with E-state index in [9.17, 15) is 4.39 Å². The standard InChI is InChI=1S/C11H11BrFN3OS/c1-2-14-11-9(15-16-18-11)6-17-10-4-3-7(12)5-8(10)13/h3-5,14H,2,6H2,1H3. The fourth-order valence-corrected chi connectivity index (χ4v) is 2.30. The lowest BCUT2D eigenvalue weighted by Crippen LogP contribution is -2.03. The van der Waals surface area contributed by atoms with Crippen LogP contribution in [0.15, 0.2) is 22.7 Å². The third kappa shape index (κ3) is 3.17. The van der Waals surface area contributed by atoms with E-state index in [0.717, 1.165) is 11.5 Å². The number of halogens is 2. The average molecular weight is 332 g/mol. The molecular weight excluding hydrogens is 321 g/mol. The van der Waals surface area contributed by atoms with Gasteiger partial charge in [0.15, 0.2) is 11.6 Å². The summed E-state index contributed by atoms with van der Waals surface area (Å²) in [7, 11) is 0. The lowest BCUT2D eigenvalue weighted by molar-refractivity contribution is 0.286. The number of benzene rings is 1. The lowest BCUT2D eigenvalue weighted by Gasteiger charge is -2.07. The predicted molar refractivity (Wildman–Crippen MR) is 72.5 cm³/mol. The van der Waals surface area contributed by atoms with Crippen LogP contribution in [-0.2, 0) is 6.61 Å². The minimum absolute atomic E-state index is 0.192. The Labute approximate surface area is 116 Å². The third-order valence-corrected chi connectivity index (χ3v) is 3.37. The Balaban J connectivity index is 2.04. The molecular formula is C11H11BrFN3OS. The van der Waals surface area contributed by atoms with Crippen molar-refractivity contribution in [1.82, 2.24) is 9.59 Å². The smallest absolute Gasteiger partial charge is 0.166 e. The highest BCUT2D eigenvalue weighted by Crippen LogP contribution is 2.24. The Morgan fingerprint density at radius 3 is 3.06 bits per heavy atom. The van der Waals surface area contributed by atoms with E-state index in [4.69, 9.17) is 4.74 Å². The van der Waals surface area contributed by atoms with Gasteiger partial charge >= 0.3 is 0 Å². The summed E-state index contributed by atoms with van der Waals surface area (Å²) in [6, 6.07) is 4.66. The minimum Gasteiger partial charge on any atom is -0.484 e. The molecule has 2 aromatic rings. The summed E-state index contributed by atoms with van der Waals surface area (Å²) in [4.78, 5) is 0. The molecule has 7 heteroatoms. The highest BCUT2D eigenvalue weighted by Gasteiger charge is 2.10. The van der Waals surface area contributed by atoms with E-state index < -0.39 is 5.82 Å². The Bertz CT molecular complexity index is 535. The number of ether oxygens (including phenoxy) is 1. The molecule has 0 aliphatic rings. The lowest BCUT2D eigenvalue weighted by atomic mass is 10.3. The molecule has 0 fully saturated rings. The van der Waals surface area contributed by atoms with Crippen LogP contribution in [0.4, 0.5) is 9.39 Å². The van der Waals surface area contributed by atoms with Gasteiger partial charge in [-0.25, -0.2) is 4.39 Å². The van der Waals surface area contributed by atoms with E-state index in [2.05, 4.69) is 30.8 Å². The number of nitrogens with zero attached hydrogens (tertiary/aromatic N) is 2. The first-order valence-corrected chi connectivity index (χ1v) is 6.90. The van der Waals surface area contributed by atoms with Gasteiger partial charge in [0.1, 0.15) is 17.3 Å². The molecule has 96 valence electrons. The number of hydrogen-bond acceptors (Lipinski definition) is 5. The van der Waals surface area contributed by atoms with Crippen molar-refractivity contribution >= 4 is 32.5 Å². The maximum Gasteiger partial charge on any atom is 0.166 e. The number of anilines is 1. The van der Waals surface area contributed by atoms with Gasteiger partial charge in [-0.05, 0) is 25.1 Å². The topological polar surface area (TPSA) is 47.0 Å². The number of hydrogen-bond donors (Lipinski definition) is 1. The summed E-state index contributed by atoms with van der Waals surface area (Å²) >= 11 is 4.45. The summed E-state index contributed by atoms with van der Waals surface area (Å²) in [6.45, 7) is 2.96. The first-order chi connectivity index (χ1) is 8.70. The van der Waals surface area contributed by atoms with Gasteiger partial charge in [-0.2, -0.15) is 0 Å². The van der Waals surface area contributed by atoms with Crippen LogP contribution in [0.2, 0.25) is 0 Å². The van der Waals surface area contributed by atoms with Crippen LogP contribution in [0.5, 0.6) is 5.75 Å². The van der Waals surface area contributed by atoms with Gasteiger partial charge in [0, 0.05) is 22.5 Å². The van der Waals surface area contributed by atoms with Crippen LogP contribution < -0.4 is 10.1 Å². The second-order valence-electron chi connectivity index (χ2n) is 3.44. The molecule has 0 atom stereocenters. The van der Waals surface area contributed by atoms with Crippen LogP contribution >= 0.6 is 27.5 Å². The van der Waals surface area contributed by atoms with Crippen molar-refractivity contribution in [3.63, 3.8) is 0 Å². The van der Waals surface area contributed by atoms with Crippen molar-refractivity contribution < 1.29 is 9.13 Å². The molecule has 0 bridgehead atoms. The van der Waals surface area contributed by atoms with Crippen molar-refractivity contribution in [2.45, 2.75) is 13.5 Å². The Morgan fingerprint density at radius 2 is 2.33 bits per heavy atom. The first kappa shape index (κ1) is 13.2. The molecule has 0 amide bonds. The summed E-state index contributed by atoms with van der Waals surface area (Å²) < 4.78 is 23.4. The normalized spacial score (nSPS) is 10.4. The first-order valence-electron chi connectivity index (χ1n) is 5.33. The zero-order valence-electron chi connectivity index (χ0n) is 9.61. The predicted octanol–water partition coefficient (Wildman–Crippen LogP) is 3.45. The second kappa shape index (κ2) is 6.10. The molecule has 0 spiro atoms. The van der Waals surface area contributed by atoms with E-state index >= 15 is 0 Å². The van der Waals surface area contributed by atoms with Gasteiger partial charge in [0.25, 0.3) is 0 Å². The third-order valence-electron chi connectivity index (χ3n) is 2.15. The van der Waals surface area contributed by atoms with Gasteiger partial charge < -0.3 is 10.1 Å². The van der Waals surface area contributed by atoms with Gasteiger partial charge in [-0.15, -0.1) is 5.10 Å². The average Bonchev–Trinajstić information content (AvgIpc) is 2.76. The Kier molecular flexibility index (Phi) is 4.48. The molecule has 0 saturated carbocycles. The molecule has 1 heterocycles. The number of rotatable bonds is 5. The fraction of sp³-hybridized carbons (Fsp3) is 0.273. The number of nitrogens with one attached hydrogen (secondary N) is 1. The van der Waals surface area contributed by atoms with Gasteiger partial charge in [-0.1, -0.05) is 20.4 Å². The molecule has 0 saturated heterocycles. The second-order valence-corrected chi connectivity index (χ2v) is 5.11. The van der Waals surface area contributed by atoms with E-state index in [1.54, 1.807) is 12.1 Å². The zero-order chi connectivity index (χ0) is 13.0. The van der Waals surface area contributed by atoms with Crippen molar-refractivity contribution in [2.75, 3.05) is 11.9 Å². The SMILES string of the molecule is CCNc1snnc1COc1ccc(Br)cc1F. The molecule has 1 aromatic heterocycles. The molecule has 0 aliphatic carbocycles. The van der Waals surface area contributed by atoms with Crippen molar-refractivity contribution in [3.8, 4) is 5.75 Å². The molecule has 0 radical (unpaired) electrons. The Hall–Kier alpha value is -1.21. The van der Waals surface area contributed by atoms with Crippen LogP contribution in [0.1, 0.15) is 12.6 Å². The maximum absolute atomic E-state index is 13.5. The Morgan fingerprint density at radius 1 is 1.50 bits per heavy atom. The van der Waals surface area contributed by atoms with Crippen LogP contribution in [0.25, 0.3) is 0 Å². The van der Waals surface area contributed by atoms with Crippen LogP contribution in [0, 0.1) is 5.82 Å². The van der Waals surface area contributed by atoms with Gasteiger partial charge in [0.2, 0.25) is 0 Å². The van der Waals surface area contributed by atoms with Crippen LogP contribution in [0.3, 0.4) is 0 Å². The van der Waals surface area contributed by atoms with Crippen LogP contribution in [-0.4, -0.2) is 16.1 Å². The fourth-order valence-electron chi connectivity index (χ4n) is 1.34. The van der Waals surface area contributed by atoms with E-state index in [0.29, 0.717) is 10.2 Å². The molecule has 0 unspecified atom stereocenters. The van der Waals surface area contributed by atoms with Gasteiger partial charge in [-0.3, -0.25) is 0 Å². The van der Waals surface area contributed by atoms with Crippen molar-refractivity contribution in [1.29, 1.82) is 0 Å². The summed E-state index contributed by atoms with van der Waals surface area (Å²) in [5.41, 5.74) is 0.684. The molecule has 0 aliphatic heterocycles. The largest absolute Gasteiger partial charge is 0.484 e. The molecule has 4 nitrogen and oxygen atoms in total. The monoisotopic (exact) mass is 331 g/mol.